The maximum atomic E-state index is 3.84. The third-order valence-corrected chi connectivity index (χ3v) is 3.34. The summed E-state index contributed by atoms with van der Waals surface area (Å²) in [5.74, 6) is 2.60. The minimum Gasteiger partial charge on any atom is -0.311 e. The zero-order valence-electron chi connectivity index (χ0n) is 11.2. The van der Waals surface area contributed by atoms with Crippen molar-refractivity contribution in [3.05, 3.63) is 0 Å². The molecule has 0 aromatic carbocycles. The first-order chi connectivity index (χ1) is 6.99. The lowest BCUT2D eigenvalue weighted by molar-refractivity contribution is 0.320. The van der Waals surface area contributed by atoms with Crippen LogP contribution in [-0.4, -0.2) is 12.1 Å². The molecule has 1 nitrogen and oxygen atoms in total. The Labute approximate surface area is 96.0 Å². The normalized spacial score (nSPS) is 19.2. The highest BCUT2D eigenvalue weighted by molar-refractivity contribution is 4.86. The molecule has 1 saturated carbocycles. The van der Waals surface area contributed by atoms with Crippen LogP contribution in [0.25, 0.3) is 0 Å². The summed E-state index contributed by atoms with van der Waals surface area (Å²) in [5, 5.41) is 3.84. The molecule has 0 spiro atoms. The van der Waals surface area contributed by atoms with E-state index < -0.39 is 0 Å². The molecule has 1 fully saturated rings. The van der Waals surface area contributed by atoms with Crippen LogP contribution in [0.4, 0.5) is 0 Å². The van der Waals surface area contributed by atoms with Gasteiger partial charge in [-0.2, -0.15) is 0 Å². The van der Waals surface area contributed by atoms with Crippen LogP contribution in [0.5, 0.6) is 0 Å². The van der Waals surface area contributed by atoms with Crippen molar-refractivity contribution in [3.8, 4) is 0 Å². The van der Waals surface area contributed by atoms with Crippen LogP contribution in [0, 0.1) is 17.8 Å². The van der Waals surface area contributed by atoms with Gasteiger partial charge in [0.2, 0.25) is 0 Å². The maximum absolute atomic E-state index is 3.84. The number of hydrogen-bond acceptors (Lipinski definition) is 1. The molecule has 1 rings (SSSR count). The van der Waals surface area contributed by atoms with E-state index in [2.05, 4.69) is 39.9 Å². The molecule has 0 radical (unpaired) electrons. The molecule has 0 aromatic rings. The molecule has 0 saturated heterocycles. The summed E-state index contributed by atoms with van der Waals surface area (Å²) in [5.41, 5.74) is 0. The van der Waals surface area contributed by atoms with Crippen LogP contribution in [-0.2, 0) is 0 Å². The molecule has 1 heteroatoms. The van der Waals surface area contributed by atoms with Crippen molar-refractivity contribution in [2.45, 2.75) is 72.4 Å². The largest absolute Gasteiger partial charge is 0.311 e. The Morgan fingerprint density at radius 2 is 1.40 bits per heavy atom. The lowest BCUT2D eigenvalue weighted by atomic mass is 9.94. The van der Waals surface area contributed by atoms with Crippen molar-refractivity contribution in [1.29, 1.82) is 0 Å². The van der Waals surface area contributed by atoms with E-state index in [9.17, 15) is 0 Å². The predicted octanol–water partition coefficient (Wildman–Crippen LogP) is 3.84. The van der Waals surface area contributed by atoms with Gasteiger partial charge in [0.05, 0.1) is 0 Å². The van der Waals surface area contributed by atoms with Gasteiger partial charge in [-0.1, -0.05) is 27.7 Å². The molecule has 0 heterocycles. The average Bonchev–Trinajstić information content (AvgIpc) is 2.81. The zero-order valence-corrected chi connectivity index (χ0v) is 11.2. The first-order valence-corrected chi connectivity index (χ1v) is 6.75. The summed E-state index contributed by atoms with van der Waals surface area (Å²) in [6.07, 6.45) is 5.55. The van der Waals surface area contributed by atoms with E-state index in [1.807, 2.05) is 0 Å². The van der Waals surface area contributed by atoms with Gasteiger partial charge in [0.15, 0.2) is 0 Å². The molecule has 0 aliphatic heterocycles. The van der Waals surface area contributed by atoms with Gasteiger partial charge in [0.25, 0.3) is 0 Å². The fourth-order valence-electron chi connectivity index (χ4n) is 2.47. The Morgan fingerprint density at radius 3 is 1.73 bits per heavy atom. The van der Waals surface area contributed by atoms with Gasteiger partial charge in [-0.25, -0.2) is 0 Å². The maximum Gasteiger partial charge on any atom is 0.00745 e. The third kappa shape index (κ3) is 5.55. The first-order valence-electron chi connectivity index (χ1n) is 6.75. The predicted molar refractivity (Wildman–Crippen MR) is 68.0 cm³/mol. The van der Waals surface area contributed by atoms with E-state index in [0.717, 1.165) is 29.8 Å². The van der Waals surface area contributed by atoms with Crippen molar-refractivity contribution in [2.24, 2.45) is 17.8 Å². The highest BCUT2D eigenvalue weighted by Gasteiger charge is 2.29. The van der Waals surface area contributed by atoms with E-state index in [4.69, 9.17) is 0 Å². The first kappa shape index (κ1) is 13.0. The van der Waals surface area contributed by atoms with Gasteiger partial charge in [0.1, 0.15) is 0 Å². The minimum atomic E-state index is 0.737. The second-order valence-corrected chi connectivity index (χ2v) is 6.25. The fraction of sp³-hybridized carbons (Fsp3) is 1.00. The van der Waals surface area contributed by atoms with Crippen molar-refractivity contribution < 1.29 is 0 Å². The highest BCUT2D eigenvalue weighted by Crippen LogP contribution is 2.33. The third-order valence-electron chi connectivity index (χ3n) is 3.34. The van der Waals surface area contributed by atoms with Crippen LogP contribution in [0.3, 0.4) is 0 Å². The van der Waals surface area contributed by atoms with Gasteiger partial charge in [-0.15, -0.1) is 0 Å². The molecule has 1 aliphatic rings. The van der Waals surface area contributed by atoms with Crippen LogP contribution >= 0.6 is 0 Å². The molecule has 15 heavy (non-hydrogen) atoms. The van der Waals surface area contributed by atoms with E-state index in [1.165, 1.54) is 25.7 Å². The monoisotopic (exact) mass is 211 g/mol. The molecule has 0 bridgehead atoms. The lowest BCUT2D eigenvalue weighted by Crippen LogP contribution is -2.39. The molecule has 1 atom stereocenters. The molecule has 1 N–H and O–H groups in total. The molecule has 0 amide bonds. The number of rotatable bonds is 7. The van der Waals surface area contributed by atoms with Crippen LogP contribution < -0.4 is 5.32 Å². The van der Waals surface area contributed by atoms with Gasteiger partial charge >= 0.3 is 0 Å². The van der Waals surface area contributed by atoms with E-state index in [0.29, 0.717) is 0 Å². The van der Waals surface area contributed by atoms with Crippen LogP contribution in [0.15, 0.2) is 0 Å². The summed E-state index contributed by atoms with van der Waals surface area (Å²) >= 11 is 0. The number of nitrogens with one attached hydrogen (secondary N) is 1. The lowest BCUT2D eigenvalue weighted by Gasteiger charge is -2.26. The minimum absolute atomic E-state index is 0.737. The van der Waals surface area contributed by atoms with Crippen LogP contribution in [0.2, 0.25) is 0 Å². The van der Waals surface area contributed by atoms with Gasteiger partial charge in [-0.05, 0) is 50.4 Å². The Balaban J connectivity index is 2.32. The highest BCUT2D eigenvalue weighted by atomic mass is 15.0. The van der Waals surface area contributed by atoms with Gasteiger partial charge < -0.3 is 5.32 Å². The van der Waals surface area contributed by atoms with Crippen molar-refractivity contribution >= 4 is 0 Å². The van der Waals surface area contributed by atoms with E-state index in [-0.39, 0.29) is 0 Å². The topological polar surface area (TPSA) is 12.0 Å². The molecule has 0 aromatic heterocycles. The molecular formula is C14H29N. The fourth-order valence-corrected chi connectivity index (χ4v) is 2.47. The second kappa shape index (κ2) is 5.89. The summed E-state index contributed by atoms with van der Waals surface area (Å²) < 4.78 is 0. The SMILES string of the molecule is CC(C)CC(CC(C)C)NC(C)C1CC1. The number of hydrogen-bond donors (Lipinski definition) is 1. The average molecular weight is 211 g/mol. The van der Waals surface area contributed by atoms with Gasteiger partial charge in [0, 0.05) is 12.1 Å². The summed E-state index contributed by atoms with van der Waals surface area (Å²) in [6.45, 7) is 11.7. The Morgan fingerprint density at radius 1 is 0.933 bits per heavy atom. The zero-order chi connectivity index (χ0) is 11.4. The Kier molecular flexibility index (Phi) is 5.11. The summed E-state index contributed by atoms with van der Waals surface area (Å²) in [6, 6.07) is 1.48. The molecule has 90 valence electrons. The van der Waals surface area contributed by atoms with Crippen molar-refractivity contribution in [2.75, 3.05) is 0 Å². The van der Waals surface area contributed by atoms with E-state index >= 15 is 0 Å². The van der Waals surface area contributed by atoms with Crippen molar-refractivity contribution in [3.63, 3.8) is 0 Å². The molecular weight excluding hydrogens is 182 g/mol. The van der Waals surface area contributed by atoms with Gasteiger partial charge in [-0.3, -0.25) is 0 Å². The standard InChI is InChI=1S/C14H29N/c1-10(2)8-14(9-11(3)4)15-12(5)13-6-7-13/h10-15H,6-9H2,1-5H3. The summed E-state index contributed by atoms with van der Waals surface area (Å²) in [4.78, 5) is 0. The Bertz CT molecular complexity index is 160. The van der Waals surface area contributed by atoms with Crippen molar-refractivity contribution in [1.82, 2.24) is 5.32 Å². The summed E-state index contributed by atoms with van der Waals surface area (Å²) in [7, 11) is 0. The molecule has 1 aliphatic carbocycles. The van der Waals surface area contributed by atoms with E-state index in [1.54, 1.807) is 0 Å². The second-order valence-electron chi connectivity index (χ2n) is 6.25. The molecule has 1 unspecified atom stereocenters. The smallest absolute Gasteiger partial charge is 0.00745 e. The Hall–Kier alpha value is -0.0400. The quantitative estimate of drug-likeness (QED) is 0.675. The van der Waals surface area contributed by atoms with Crippen LogP contribution in [0.1, 0.15) is 60.3 Å².